The van der Waals surface area contributed by atoms with E-state index in [1.54, 1.807) is 12.1 Å². The first-order valence-electron chi connectivity index (χ1n) is 10.7. The van der Waals surface area contributed by atoms with E-state index in [1.807, 2.05) is 18.2 Å². The predicted molar refractivity (Wildman–Crippen MR) is 115 cm³/mol. The second-order valence-electron chi connectivity index (χ2n) is 8.02. The Kier molecular flexibility index (Phi) is 5.34. The number of carbonyl (C=O) groups excluding carboxylic acids is 2. The highest BCUT2D eigenvalue weighted by molar-refractivity contribution is 5.93. The van der Waals surface area contributed by atoms with Crippen LogP contribution >= 0.6 is 0 Å². The standard InChI is InChI=1S/C24H23N3O5/c1-30-24(29)15-9-10-19(25-12-15)17-7-4-5-14-11-16(31-21(14)17)13-26-23(28)22-18-6-2-3-8-20(18)27-32-22/h4-5,7,9-10,12,16H,2-3,6,8,11,13H2,1H3,(H,26,28)/t16-/m0/s1. The third kappa shape index (κ3) is 3.72. The lowest BCUT2D eigenvalue weighted by Crippen LogP contribution is -2.34. The highest BCUT2D eigenvalue weighted by Crippen LogP contribution is 2.38. The van der Waals surface area contributed by atoms with Gasteiger partial charge in [0.05, 0.1) is 30.6 Å². The number of hydrogen-bond acceptors (Lipinski definition) is 7. The minimum atomic E-state index is -0.428. The number of amides is 1. The summed E-state index contributed by atoms with van der Waals surface area (Å²) in [6.07, 6.45) is 5.81. The lowest BCUT2D eigenvalue weighted by Gasteiger charge is -2.14. The van der Waals surface area contributed by atoms with E-state index in [9.17, 15) is 9.59 Å². The number of para-hydroxylation sites is 1. The van der Waals surface area contributed by atoms with Crippen molar-refractivity contribution in [2.75, 3.05) is 13.7 Å². The van der Waals surface area contributed by atoms with Crippen molar-refractivity contribution >= 4 is 11.9 Å². The van der Waals surface area contributed by atoms with E-state index in [2.05, 4.69) is 15.5 Å². The molecular formula is C24H23N3O5. The maximum atomic E-state index is 12.7. The quantitative estimate of drug-likeness (QED) is 0.617. The zero-order chi connectivity index (χ0) is 22.1. The third-order valence-electron chi connectivity index (χ3n) is 5.95. The van der Waals surface area contributed by atoms with Crippen molar-refractivity contribution in [2.24, 2.45) is 0 Å². The summed E-state index contributed by atoms with van der Waals surface area (Å²) in [6, 6.07) is 9.35. The van der Waals surface area contributed by atoms with Gasteiger partial charge in [-0.2, -0.15) is 0 Å². The number of aryl methyl sites for hydroxylation is 1. The van der Waals surface area contributed by atoms with Crippen LogP contribution in [0.5, 0.6) is 5.75 Å². The topological polar surface area (TPSA) is 104 Å². The van der Waals surface area contributed by atoms with Crippen molar-refractivity contribution in [1.29, 1.82) is 0 Å². The Bertz CT molecular complexity index is 1170. The summed E-state index contributed by atoms with van der Waals surface area (Å²) >= 11 is 0. The normalized spacial score (nSPS) is 16.6. The molecule has 8 nitrogen and oxygen atoms in total. The first-order chi connectivity index (χ1) is 15.6. The van der Waals surface area contributed by atoms with Gasteiger partial charge in [0.25, 0.3) is 5.91 Å². The fraction of sp³-hybridized carbons (Fsp3) is 0.333. The summed E-state index contributed by atoms with van der Waals surface area (Å²) in [4.78, 5) is 28.7. The first-order valence-corrected chi connectivity index (χ1v) is 10.7. The predicted octanol–water partition coefficient (Wildman–Crippen LogP) is 3.14. The van der Waals surface area contributed by atoms with Crippen LogP contribution in [0, 0.1) is 0 Å². The van der Waals surface area contributed by atoms with E-state index >= 15 is 0 Å². The van der Waals surface area contributed by atoms with E-state index in [0.717, 1.165) is 53.8 Å². The third-order valence-corrected chi connectivity index (χ3v) is 5.95. The molecule has 1 N–H and O–H groups in total. The van der Waals surface area contributed by atoms with E-state index in [1.165, 1.54) is 13.3 Å². The zero-order valence-electron chi connectivity index (χ0n) is 17.7. The molecule has 0 unspecified atom stereocenters. The minimum absolute atomic E-state index is 0.191. The van der Waals surface area contributed by atoms with Crippen LogP contribution in [0.1, 0.15) is 50.6 Å². The number of rotatable bonds is 5. The Morgan fingerprint density at radius 1 is 1.19 bits per heavy atom. The second kappa shape index (κ2) is 8.45. The number of benzene rings is 1. The van der Waals surface area contributed by atoms with Crippen molar-refractivity contribution in [3.05, 3.63) is 64.7 Å². The average molecular weight is 433 g/mol. The van der Waals surface area contributed by atoms with E-state index < -0.39 is 5.97 Å². The Labute approximate surface area is 184 Å². The highest BCUT2D eigenvalue weighted by atomic mass is 16.5. The fourth-order valence-corrected chi connectivity index (χ4v) is 4.30. The molecule has 1 amide bonds. The van der Waals surface area contributed by atoms with Gasteiger partial charge >= 0.3 is 5.97 Å². The number of esters is 1. The van der Waals surface area contributed by atoms with Crippen molar-refractivity contribution < 1.29 is 23.6 Å². The SMILES string of the molecule is COC(=O)c1ccc(-c2cccc3c2O[C@H](CNC(=O)c2onc4c2CCCC4)C3)nc1. The molecule has 2 aliphatic rings. The maximum Gasteiger partial charge on any atom is 0.339 e. The summed E-state index contributed by atoms with van der Waals surface area (Å²) in [7, 11) is 1.34. The van der Waals surface area contributed by atoms with Gasteiger partial charge in [0, 0.05) is 23.7 Å². The zero-order valence-corrected chi connectivity index (χ0v) is 17.7. The smallest absolute Gasteiger partial charge is 0.339 e. The Morgan fingerprint density at radius 3 is 2.88 bits per heavy atom. The molecule has 0 saturated heterocycles. The molecule has 1 aliphatic carbocycles. The summed E-state index contributed by atoms with van der Waals surface area (Å²) in [5, 5.41) is 6.99. The van der Waals surface area contributed by atoms with E-state index in [-0.39, 0.29) is 12.0 Å². The molecule has 32 heavy (non-hydrogen) atoms. The Hall–Kier alpha value is -3.68. The lowest BCUT2D eigenvalue weighted by molar-refractivity contribution is 0.0600. The molecule has 0 bridgehead atoms. The molecule has 5 rings (SSSR count). The van der Waals surface area contributed by atoms with Crippen LogP contribution in [0.4, 0.5) is 0 Å². The van der Waals surface area contributed by atoms with E-state index in [0.29, 0.717) is 30.0 Å². The van der Waals surface area contributed by atoms with Crippen LogP contribution in [0.15, 0.2) is 41.1 Å². The van der Waals surface area contributed by atoms with Gasteiger partial charge in [-0.3, -0.25) is 9.78 Å². The van der Waals surface area contributed by atoms with Crippen LogP contribution in [0.2, 0.25) is 0 Å². The van der Waals surface area contributed by atoms with Crippen LogP contribution in [-0.4, -0.2) is 41.8 Å². The largest absolute Gasteiger partial charge is 0.487 e. The molecule has 3 heterocycles. The number of fused-ring (bicyclic) bond motifs is 2. The van der Waals surface area contributed by atoms with Crippen molar-refractivity contribution in [2.45, 2.75) is 38.2 Å². The molecule has 1 atom stereocenters. The van der Waals surface area contributed by atoms with Gasteiger partial charge in [0.1, 0.15) is 11.9 Å². The van der Waals surface area contributed by atoms with Gasteiger partial charge in [-0.15, -0.1) is 0 Å². The molecule has 1 aliphatic heterocycles. The number of nitrogens with one attached hydrogen (secondary N) is 1. The van der Waals surface area contributed by atoms with Gasteiger partial charge in [-0.05, 0) is 49.4 Å². The van der Waals surface area contributed by atoms with Crippen molar-refractivity contribution in [1.82, 2.24) is 15.5 Å². The second-order valence-corrected chi connectivity index (χ2v) is 8.02. The number of pyridine rings is 1. The van der Waals surface area contributed by atoms with Crippen LogP contribution in [-0.2, 0) is 24.0 Å². The van der Waals surface area contributed by atoms with Crippen LogP contribution in [0.25, 0.3) is 11.3 Å². The summed E-state index contributed by atoms with van der Waals surface area (Å²) < 4.78 is 16.2. The molecule has 0 radical (unpaired) electrons. The molecule has 0 fully saturated rings. The lowest BCUT2D eigenvalue weighted by atomic mass is 9.96. The fourth-order valence-electron chi connectivity index (χ4n) is 4.30. The Balaban J connectivity index is 1.27. The van der Waals surface area contributed by atoms with Gasteiger partial charge < -0.3 is 19.3 Å². The number of hydrogen-bond donors (Lipinski definition) is 1. The van der Waals surface area contributed by atoms with Crippen LogP contribution in [0.3, 0.4) is 0 Å². The van der Waals surface area contributed by atoms with E-state index in [4.69, 9.17) is 14.0 Å². The molecule has 2 aromatic heterocycles. The molecular weight excluding hydrogens is 410 g/mol. The van der Waals surface area contributed by atoms with Gasteiger partial charge in [0.15, 0.2) is 0 Å². The van der Waals surface area contributed by atoms with Crippen molar-refractivity contribution in [3.8, 4) is 17.0 Å². The summed E-state index contributed by atoms with van der Waals surface area (Å²) in [5.74, 6) is 0.399. The molecule has 3 aromatic rings. The number of ether oxygens (including phenoxy) is 2. The van der Waals surface area contributed by atoms with Gasteiger partial charge in [0.2, 0.25) is 5.76 Å². The van der Waals surface area contributed by atoms with Gasteiger partial charge in [-0.25, -0.2) is 4.79 Å². The van der Waals surface area contributed by atoms with Crippen LogP contribution < -0.4 is 10.1 Å². The minimum Gasteiger partial charge on any atom is -0.487 e. The summed E-state index contributed by atoms with van der Waals surface area (Å²) in [6.45, 7) is 0.358. The molecule has 1 aromatic carbocycles. The molecule has 0 saturated carbocycles. The number of aromatic nitrogens is 2. The maximum absolute atomic E-state index is 12.7. The van der Waals surface area contributed by atoms with Gasteiger partial charge in [-0.1, -0.05) is 17.3 Å². The highest BCUT2D eigenvalue weighted by Gasteiger charge is 2.29. The molecule has 8 heteroatoms. The number of carbonyl (C=O) groups is 2. The number of methoxy groups -OCH3 is 1. The molecule has 0 spiro atoms. The van der Waals surface area contributed by atoms with Crippen molar-refractivity contribution in [3.63, 3.8) is 0 Å². The number of nitrogens with zero attached hydrogens (tertiary/aromatic N) is 2. The average Bonchev–Trinajstić information content (AvgIpc) is 3.46. The Morgan fingerprint density at radius 2 is 2.06 bits per heavy atom. The monoisotopic (exact) mass is 433 g/mol. The first kappa shape index (κ1) is 20.2. The summed E-state index contributed by atoms with van der Waals surface area (Å²) in [5.41, 5.74) is 4.83. The molecule has 164 valence electrons.